The van der Waals surface area contributed by atoms with Crippen molar-refractivity contribution in [3.8, 4) is 0 Å². The van der Waals surface area contributed by atoms with Crippen molar-refractivity contribution in [2.24, 2.45) is 35.5 Å². The second-order valence-electron chi connectivity index (χ2n) is 14.1. The van der Waals surface area contributed by atoms with Crippen LogP contribution in [0.2, 0.25) is 0 Å². The zero-order chi connectivity index (χ0) is 32.5. The van der Waals surface area contributed by atoms with Crippen LogP contribution in [0.4, 0.5) is 0 Å². The van der Waals surface area contributed by atoms with Crippen LogP contribution in [0.3, 0.4) is 0 Å². The van der Waals surface area contributed by atoms with Crippen molar-refractivity contribution in [3.63, 3.8) is 0 Å². The van der Waals surface area contributed by atoms with E-state index in [-0.39, 0.29) is 73.3 Å². The molecule has 2 aliphatic heterocycles. The van der Waals surface area contributed by atoms with Crippen molar-refractivity contribution < 1.29 is 40.3 Å². The van der Waals surface area contributed by atoms with E-state index in [1.807, 2.05) is 70.5 Å². The first-order chi connectivity index (χ1) is 22.3. The maximum Gasteiger partial charge on any atom is 0.307 e. The van der Waals surface area contributed by atoms with Gasteiger partial charge in [-0.15, -0.1) is 0 Å². The third kappa shape index (κ3) is 12.3. The summed E-state index contributed by atoms with van der Waals surface area (Å²) in [4.78, 5) is 52.0. The van der Waals surface area contributed by atoms with Crippen LogP contribution < -0.4 is 0 Å². The molecular formula is C38H54CaN2O8. The number of hydrogen-bond acceptors (Lipinski definition) is 4. The summed E-state index contributed by atoms with van der Waals surface area (Å²) in [5.41, 5.74) is 1.95. The van der Waals surface area contributed by atoms with Crippen molar-refractivity contribution in [3.05, 3.63) is 71.8 Å². The van der Waals surface area contributed by atoms with Gasteiger partial charge in [-0.25, -0.2) is 0 Å². The van der Waals surface area contributed by atoms with Gasteiger partial charge >= 0.3 is 11.9 Å². The van der Waals surface area contributed by atoms with Gasteiger partial charge in [-0.1, -0.05) is 86.3 Å². The van der Waals surface area contributed by atoms with Crippen molar-refractivity contribution in [1.29, 1.82) is 0 Å². The summed E-state index contributed by atoms with van der Waals surface area (Å²) in [6.07, 6.45) is 11.1. The Bertz CT molecular complexity index is 1200. The number of amides is 2. The van der Waals surface area contributed by atoms with Gasteiger partial charge in [-0.2, -0.15) is 0 Å². The summed E-state index contributed by atoms with van der Waals surface area (Å²) >= 11 is 0. The van der Waals surface area contributed by atoms with Crippen LogP contribution in [0.1, 0.15) is 75.3 Å². The van der Waals surface area contributed by atoms with Crippen molar-refractivity contribution in [2.75, 3.05) is 26.2 Å². The molecule has 266 valence electrons. The number of carbonyl (C=O) groups excluding carboxylic acids is 2. The number of carbonyl (C=O) groups is 4. The standard InChI is InChI=1S/2C19H25NO3.Ca.2H2O/c2*21-18(20-12-15-8-4-5-9-16(15)13-20)11-17(19(22)23)10-14-6-2-1-3-7-14;;;/h2*1-3,6-7,15-17H,4-5,8-13H2,(H,22,23);;2*1H2/t2*15-,16+,17-;;;/m11.../s1. The van der Waals surface area contributed by atoms with Crippen molar-refractivity contribution >= 4 is 61.5 Å². The molecule has 49 heavy (non-hydrogen) atoms. The fourth-order valence-electron chi connectivity index (χ4n) is 8.19. The third-order valence-electron chi connectivity index (χ3n) is 10.8. The van der Waals surface area contributed by atoms with Gasteiger partial charge in [0.1, 0.15) is 0 Å². The maximum absolute atomic E-state index is 12.6. The summed E-state index contributed by atoms with van der Waals surface area (Å²) in [6, 6.07) is 19.1. The van der Waals surface area contributed by atoms with Crippen LogP contribution in [-0.2, 0) is 32.0 Å². The predicted octanol–water partition coefficient (Wildman–Crippen LogP) is 3.91. The van der Waals surface area contributed by atoms with E-state index in [4.69, 9.17) is 0 Å². The van der Waals surface area contributed by atoms with Crippen LogP contribution in [-0.4, -0.2) is 119 Å². The van der Waals surface area contributed by atoms with Gasteiger partial charge in [0.2, 0.25) is 11.8 Å². The first-order valence-electron chi connectivity index (χ1n) is 17.4. The number of nitrogens with zero attached hydrogens (tertiary/aromatic N) is 2. The Morgan fingerprint density at radius 2 is 0.837 bits per heavy atom. The Morgan fingerprint density at radius 3 is 1.10 bits per heavy atom. The number of benzene rings is 2. The molecule has 2 radical (unpaired) electrons. The first kappa shape index (κ1) is 42.7. The Kier molecular flexibility index (Phi) is 18.3. The van der Waals surface area contributed by atoms with Gasteiger partial charge in [0, 0.05) is 76.8 Å². The molecule has 0 aromatic heterocycles. The van der Waals surface area contributed by atoms with E-state index in [9.17, 15) is 29.4 Å². The van der Waals surface area contributed by atoms with E-state index in [1.54, 1.807) is 0 Å². The van der Waals surface area contributed by atoms with E-state index < -0.39 is 23.8 Å². The average Bonchev–Trinajstić information content (AvgIpc) is 3.70. The SMILES string of the molecule is O.O.O=C(O)[C@@H](CC(=O)N1C[C@H]2CCCC[C@H]2C1)Cc1ccccc1.O=C(O)[C@@H](CC(=O)N1C[C@H]2CCCC[C@H]2C1)Cc1ccccc1.[Ca]. The zero-order valence-electron chi connectivity index (χ0n) is 28.7. The topological polar surface area (TPSA) is 178 Å². The summed E-state index contributed by atoms with van der Waals surface area (Å²) in [7, 11) is 0. The Balaban J connectivity index is 0.000000321. The van der Waals surface area contributed by atoms with Crippen LogP contribution in [0.5, 0.6) is 0 Å². The molecule has 2 saturated heterocycles. The van der Waals surface area contributed by atoms with Crippen LogP contribution >= 0.6 is 0 Å². The summed E-state index contributed by atoms with van der Waals surface area (Å²) in [5, 5.41) is 18.9. The molecule has 0 unspecified atom stereocenters. The molecule has 10 nitrogen and oxygen atoms in total. The molecule has 2 aromatic carbocycles. The molecule has 6 N–H and O–H groups in total. The third-order valence-corrected chi connectivity index (χ3v) is 10.8. The first-order valence-corrected chi connectivity index (χ1v) is 17.4. The molecule has 2 amide bonds. The van der Waals surface area contributed by atoms with Gasteiger partial charge < -0.3 is 31.0 Å². The predicted molar refractivity (Wildman–Crippen MR) is 189 cm³/mol. The molecule has 6 rings (SSSR count). The van der Waals surface area contributed by atoms with Crippen molar-refractivity contribution in [1.82, 2.24) is 9.80 Å². The van der Waals surface area contributed by atoms with E-state index in [0.29, 0.717) is 36.5 Å². The number of hydrogen-bond donors (Lipinski definition) is 2. The van der Waals surface area contributed by atoms with Gasteiger partial charge in [0.15, 0.2) is 0 Å². The van der Waals surface area contributed by atoms with Crippen molar-refractivity contribution in [2.45, 2.75) is 77.0 Å². The molecule has 4 fully saturated rings. The molecule has 2 aliphatic carbocycles. The molecule has 0 spiro atoms. The zero-order valence-corrected chi connectivity index (χ0v) is 30.9. The second kappa shape index (κ2) is 21.0. The van der Waals surface area contributed by atoms with Crippen LogP contribution in [0.25, 0.3) is 0 Å². The molecule has 4 aliphatic rings. The summed E-state index contributed by atoms with van der Waals surface area (Å²) in [5.74, 6) is -0.409. The quantitative estimate of drug-likeness (QED) is 0.354. The van der Waals surface area contributed by atoms with Gasteiger partial charge in [0.05, 0.1) is 11.8 Å². The summed E-state index contributed by atoms with van der Waals surface area (Å²) in [6.45, 7) is 3.34. The molecule has 2 saturated carbocycles. The molecular weight excluding hydrogens is 653 g/mol. The van der Waals surface area contributed by atoms with Gasteiger partial charge in [0.25, 0.3) is 0 Å². The molecule has 0 bridgehead atoms. The fraction of sp³-hybridized carbons (Fsp3) is 0.579. The Labute approximate surface area is 320 Å². The van der Waals surface area contributed by atoms with E-state index >= 15 is 0 Å². The second-order valence-corrected chi connectivity index (χ2v) is 14.1. The van der Waals surface area contributed by atoms with Gasteiger partial charge in [-0.3, -0.25) is 19.2 Å². The smallest absolute Gasteiger partial charge is 0.307 e. The number of fused-ring (bicyclic) bond motifs is 2. The average molecular weight is 707 g/mol. The monoisotopic (exact) mass is 706 g/mol. The normalized spacial score (nSPS) is 23.4. The van der Waals surface area contributed by atoms with Gasteiger partial charge in [-0.05, 0) is 73.3 Å². The van der Waals surface area contributed by atoms with E-state index in [2.05, 4.69) is 0 Å². The minimum atomic E-state index is -0.876. The number of rotatable bonds is 10. The largest absolute Gasteiger partial charge is 0.481 e. The maximum atomic E-state index is 12.6. The molecule has 2 aromatic rings. The van der Waals surface area contributed by atoms with E-state index in [0.717, 1.165) is 37.3 Å². The Morgan fingerprint density at radius 1 is 0.551 bits per heavy atom. The number of likely N-dealkylation sites (tertiary alicyclic amines) is 2. The number of aliphatic carboxylic acids is 2. The fourth-order valence-corrected chi connectivity index (χ4v) is 8.19. The minimum absolute atomic E-state index is 0. The molecule has 2 heterocycles. The summed E-state index contributed by atoms with van der Waals surface area (Å²) < 4.78 is 0. The Hall–Kier alpha value is -2.50. The minimum Gasteiger partial charge on any atom is -0.481 e. The number of carboxylic acid groups (broad SMARTS) is 2. The molecule has 11 heteroatoms. The van der Waals surface area contributed by atoms with Crippen LogP contribution in [0, 0.1) is 35.5 Å². The van der Waals surface area contributed by atoms with E-state index in [1.165, 1.54) is 51.4 Å². The number of carboxylic acids is 2. The van der Waals surface area contributed by atoms with Crippen LogP contribution in [0.15, 0.2) is 60.7 Å². The molecule has 6 atom stereocenters.